The molecule has 16 heavy (non-hydrogen) atoms. The van der Waals surface area contributed by atoms with Crippen LogP contribution in [0.1, 0.15) is 11.4 Å². The SMILES string of the molecule is Cc1nc(NC(=O)N=S(=O)=O)nc(C)c1Br. The van der Waals surface area contributed by atoms with E-state index in [0.29, 0.717) is 11.4 Å². The number of halogens is 1. The van der Waals surface area contributed by atoms with E-state index in [2.05, 4.69) is 35.6 Å². The minimum atomic E-state index is -2.79. The van der Waals surface area contributed by atoms with E-state index >= 15 is 0 Å². The molecule has 1 N–H and O–H groups in total. The zero-order chi connectivity index (χ0) is 12.3. The van der Waals surface area contributed by atoms with Crippen molar-refractivity contribution in [2.75, 3.05) is 5.32 Å². The highest BCUT2D eigenvalue weighted by atomic mass is 79.9. The number of carbonyl (C=O) groups excluding carboxylic acids is 1. The van der Waals surface area contributed by atoms with E-state index in [4.69, 9.17) is 0 Å². The molecule has 0 bridgehead atoms. The first-order valence-corrected chi connectivity index (χ1v) is 5.85. The molecule has 1 aromatic rings. The van der Waals surface area contributed by atoms with Gasteiger partial charge in [0.25, 0.3) is 0 Å². The summed E-state index contributed by atoms with van der Waals surface area (Å²) in [5.41, 5.74) is 1.26. The van der Waals surface area contributed by atoms with Crippen molar-refractivity contribution in [2.45, 2.75) is 13.8 Å². The quantitative estimate of drug-likeness (QED) is 0.846. The number of urea groups is 1. The van der Waals surface area contributed by atoms with E-state index in [1.807, 2.05) is 0 Å². The first kappa shape index (κ1) is 12.7. The second-order valence-electron chi connectivity index (χ2n) is 2.77. The van der Waals surface area contributed by atoms with Crippen LogP contribution in [0, 0.1) is 13.8 Å². The number of hydrogen-bond donors (Lipinski definition) is 1. The molecule has 0 aliphatic heterocycles. The molecule has 0 aliphatic rings. The molecule has 0 aromatic carbocycles. The number of aromatic nitrogens is 2. The Hall–Kier alpha value is -1.35. The van der Waals surface area contributed by atoms with Crippen molar-refractivity contribution < 1.29 is 13.2 Å². The van der Waals surface area contributed by atoms with Gasteiger partial charge in [0.15, 0.2) is 0 Å². The smallest absolute Gasteiger partial charge is 0.273 e. The van der Waals surface area contributed by atoms with E-state index in [1.54, 1.807) is 13.8 Å². The van der Waals surface area contributed by atoms with Crippen molar-refractivity contribution in [1.29, 1.82) is 0 Å². The van der Waals surface area contributed by atoms with Crippen LogP contribution >= 0.6 is 15.9 Å². The first-order valence-electron chi connectivity index (χ1n) is 4.03. The van der Waals surface area contributed by atoms with Gasteiger partial charge < -0.3 is 0 Å². The maximum atomic E-state index is 11.0. The van der Waals surface area contributed by atoms with Crippen molar-refractivity contribution >= 4 is 38.4 Å². The highest BCUT2D eigenvalue weighted by Gasteiger charge is 2.08. The van der Waals surface area contributed by atoms with Crippen molar-refractivity contribution in [3.05, 3.63) is 15.9 Å². The predicted molar refractivity (Wildman–Crippen MR) is 59.6 cm³/mol. The van der Waals surface area contributed by atoms with E-state index < -0.39 is 16.5 Å². The average molecular weight is 307 g/mol. The summed E-state index contributed by atoms with van der Waals surface area (Å²) in [6.45, 7) is 3.44. The predicted octanol–water partition coefficient (Wildman–Crippen LogP) is 1.45. The Bertz CT molecular complexity index is 538. The lowest BCUT2D eigenvalue weighted by molar-refractivity contribution is 0.259. The molecule has 0 fully saturated rings. The second-order valence-corrected chi connectivity index (χ2v) is 4.18. The number of aryl methyl sites for hydroxylation is 2. The zero-order valence-corrected chi connectivity index (χ0v) is 10.8. The van der Waals surface area contributed by atoms with Crippen LogP contribution in [0.15, 0.2) is 8.84 Å². The Balaban J connectivity index is 3.00. The van der Waals surface area contributed by atoms with Gasteiger partial charge in [-0.05, 0) is 29.8 Å². The van der Waals surface area contributed by atoms with E-state index in [9.17, 15) is 13.2 Å². The van der Waals surface area contributed by atoms with Crippen LogP contribution in [0.25, 0.3) is 0 Å². The van der Waals surface area contributed by atoms with Crippen molar-refractivity contribution in [2.24, 2.45) is 4.36 Å². The van der Waals surface area contributed by atoms with Gasteiger partial charge in [-0.25, -0.2) is 14.8 Å². The second kappa shape index (κ2) is 5.12. The molecule has 0 spiro atoms. The van der Waals surface area contributed by atoms with Crippen LogP contribution in [0.3, 0.4) is 0 Å². The van der Waals surface area contributed by atoms with Gasteiger partial charge in [0.05, 0.1) is 15.9 Å². The lowest BCUT2D eigenvalue weighted by Crippen LogP contribution is -2.10. The summed E-state index contributed by atoms with van der Waals surface area (Å²) < 4.78 is 23.7. The summed E-state index contributed by atoms with van der Waals surface area (Å²) in [6, 6.07) is -1.03. The molecule has 9 heteroatoms. The molecule has 0 atom stereocenters. The van der Waals surface area contributed by atoms with E-state index in [-0.39, 0.29) is 5.95 Å². The fourth-order valence-electron chi connectivity index (χ4n) is 0.945. The van der Waals surface area contributed by atoms with Gasteiger partial charge in [-0.2, -0.15) is 8.42 Å². The zero-order valence-electron chi connectivity index (χ0n) is 8.35. The number of carbonyl (C=O) groups is 1. The maximum Gasteiger partial charge on any atom is 0.362 e. The third-order valence-corrected chi connectivity index (χ3v) is 3.02. The molecule has 7 nitrogen and oxygen atoms in total. The van der Waals surface area contributed by atoms with Crippen molar-refractivity contribution in [3.63, 3.8) is 0 Å². The summed E-state index contributed by atoms with van der Waals surface area (Å²) in [4.78, 5) is 18.8. The minimum Gasteiger partial charge on any atom is -0.273 e. The Morgan fingerprint density at radius 2 is 1.81 bits per heavy atom. The molecule has 0 saturated heterocycles. The molecule has 1 aromatic heterocycles. The van der Waals surface area contributed by atoms with Crippen LogP contribution in [-0.4, -0.2) is 24.4 Å². The first-order chi connectivity index (χ1) is 7.40. The number of nitrogens with zero attached hydrogens (tertiary/aromatic N) is 3. The maximum absolute atomic E-state index is 11.0. The van der Waals surface area contributed by atoms with Gasteiger partial charge in [-0.15, -0.1) is 0 Å². The Labute approximate surface area is 101 Å². The molecule has 1 rings (SSSR count). The van der Waals surface area contributed by atoms with Crippen LogP contribution in [0.2, 0.25) is 0 Å². The van der Waals surface area contributed by atoms with E-state index in [1.165, 1.54) is 0 Å². The van der Waals surface area contributed by atoms with Gasteiger partial charge in [0.1, 0.15) is 0 Å². The summed E-state index contributed by atoms with van der Waals surface area (Å²) in [7, 11) is -2.79. The Kier molecular flexibility index (Phi) is 4.07. The van der Waals surface area contributed by atoms with Crippen molar-refractivity contribution in [1.82, 2.24) is 9.97 Å². The van der Waals surface area contributed by atoms with Crippen LogP contribution in [0.4, 0.5) is 10.7 Å². The lowest BCUT2D eigenvalue weighted by Gasteiger charge is -2.04. The standard InChI is InChI=1S/C7H7BrN4O3S/c1-3-5(8)4(2)10-6(9-3)11-7(13)12-16(14)15/h1-2H3,(H,9,10,11,13). The van der Waals surface area contributed by atoms with Gasteiger partial charge >= 0.3 is 16.5 Å². The topological polar surface area (TPSA) is 101 Å². The lowest BCUT2D eigenvalue weighted by atomic mass is 10.3. The van der Waals surface area contributed by atoms with Gasteiger partial charge in [0, 0.05) is 0 Å². The number of anilines is 1. The van der Waals surface area contributed by atoms with Crippen LogP contribution in [0.5, 0.6) is 0 Å². The summed E-state index contributed by atoms with van der Waals surface area (Å²) in [6.07, 6.45) is 0. The van der Waals surface area contributed by atoms with Gasteiger partial charge in [-0.1, -0.05) is 4.36 Å². The molecule has 0 saturated carbocycles. The normalized spacial score (nSPS) is 9.69. The Morgan fingerprint density at radius 1 is 1.31 bits per heavy atom. The summed E-state index contributed by atoms with van der Waals surface area (Å²) in [5, 5.41) is 2.14. The summed E-state index contributed by atoms with van der Waals surface area (Å²) >= 11 is 3.26. The third-order valence-electron chi connectivity index (χ3n) is 1.56. The molecule has 1 heterocycles. The minimum absolute atomic E-state index is 0.0115. The molecule has 0 unspecified atom stereocenters. The molecular formula is C7H7BrN4O3S. The third kappa shape index (κ3) is 3.35. The average Bonchev–Trinajstić information content (AvgIpc) is 2.12. The number of rotatable bonds is 1. The fraction of sp³-hybridized carbons (Fsp3) is 0.286. The highest BCUT2D eigenvalue weighted by Crippen LogP contribution is 2.18. The molecule has 0 aliphatic carbocycles. The van der Waals surface area contributed by atoms with Gasteiger partial charge in [-0.3, -0.25) is 5.32 Å². The molecule has 86 valence electrons. The number of amides is 2. The van der Waals surface area contributed by atoms with Crippen LogP contribution < -0.4 is 5.32 Å². The molecule has 0 radical (unpaired) electrons. The Morgan fingerprint density at radius 3 is 2.25 bits per heavy atom. The van der Waals surface area contributed by atoms with Crippen LogP contribution in [-0.2, 0) is 10.5 Å². The largest absolute Gasteiger partial charge is 0.362 e. The van der Waals surface area contributed by atoms with Crippen molar-refractivity contribution in [3.8, 4) is 0 Å². The monoisotopic (exact) mass is 306 g/mol. The molecular weight excluding hydrogens is 300 g/mol. The fourth-order valence-corrected chi connectivity index (χ4v) is 1.30. The van der Waals surface area contributed by atoms with E-state index in [0.717, 1.165) is 4.47 Å². The summed E-state index contributed by atoms with van der Waals surface area (Å²) in [5.74, 6) is 0.0115. The highest BCUT2D eigenvalue weighted by molar-refractivity contribution is 9.10. The number of hydrogen-bond acceptors (Lipinski definition) is 5. The number of nitrogens with one attached hydrogen (secondary N) is 1. The van der Waals surface area contributed by atoms with Gasteiger partial charge in [0.2, 0.25) is 5.95 Å². The molecule has 2 amide bonds.